The smallest absolute Gasteiger partial charge is 0.202 e. The number of aromatic nitrogens is 2. The molecule has 0 bridgehead atoms. The maximum absolute atomic E-state index is 9.38. The summed E-state index contributed by atoms with van der Waals surface area (Å²) < 4.78 is 4.33. The lowest BCUT2D eigenvalue weighted by atomic mass is 9.80. The predicted octanol–water partition coefficient (Wildman–Crippen LogP) is 2.70. The molecular weight excluding hydrogens is 246 g/mol. The lowest BCUT2D eigenvalue weighted by Gasteiger charge is -2.30. The summed E-state index contributed by atoms with van der Waals surface area (Å²) in [4.78, 5) is 4.47. The highest BCUT2D eigenvalue weighted by atomic mass is 32.1. The molecule has 0 amide bonds. The molecule has 1 aromatic rings. The van der Waals surface area contributed by atoms with E-state index in [9.17, 15) is 5.11 Å². The van der Waals surface area contributed by atoms with Crippen molar-refractivity contribution >= 4 is 16.7 Å². The van der Waals surface area contributed by atoms with E-state index in [0.29, 0.717) is 18.4 Å². The lowest BCUT2D eigenvalue weighted by Crippen LogP contribution is -2.28. The highest BCUT2D eigenvalue weighted by Gasteiger charge is 2.24. The van der Waals surface area contributed by atoms with Crippen molar-refractivity contribution in [3.63, 3.8) is 0 Å². The minimum atomic E-state index is 0.323. The van der Waals surface area contributed by atoms with Gasteiger partial charge < -0.3 is 10.4 Å². The van der Waals surface area contributed by atoms with Crippen molar-refractivity contribution in [2.45, 2.75) is 45.4 Å². The van der Waals surface area contributed by atoms with Crippen molar-refractivity contribution in [2.75, 3.05) is 18.5 Å². The largest absolute Gasteiger partial charge is 0.396 e. The van der Waals surface area contributed by atoms with Crippen LogP contribution in [0.4, 0.5) is 5.13 Å². The first-order valence-corrected chi connectivity index (χ1v) is 7.78. The van der Waals surface area contributed by atoms with Crippen LogP contribution in [0.15, 0.2) is 0 Å². The van der Waals surface area contributed by atoms with Crippen molar-refractivity contribution in [1.82, 2.24) is 9.36 Å². The van der Waals surface area contributed by atoms with E-state index >= 15 is 0 Å². The molecular formula is C13H23N3OS. The number of nitrogens with one attached hydrogen (secondary N) is 1. The summed E-state index contributed by atoms with van der Waals surface area (Å²) in [5.41, 5.74) is 0. The molecule has 0 radical (unpaired) electrons. The van der Waals surface area contributed by atoms with Crippen molar-refractivity contribution in [3.05, 3.63) is 5.82 Å². The van der Waals surface area contributed by atoms with Crippen molar-refractivity contribution in [1.29, 1.82) is 0 Å². The minimum Gasteiger partial charge on any atom is -0.396 e. The van der Waals surface area contributed by atoms with Gasteiger partial charge in [-0.25, -0.2) is 4.98 Å². The second-order valence-corrected chi connectivity index (χ2v) is 5.89. The average molecular weight is 269 g/mol. The van der Waals surface area contributed by atoms with Crippen LogP contribution in [0.5, 0.6) is 0 Å². The van der Waals surface area contributed by atoms with Gasteiger partial charge in [0.05, 0.1) is 0 Å². The Morgan fingerprint density at radius 1 is 1.33 bits per heavy atom. The van der Waals surface area contributed by atoms with Gasteiger partial charge in [0, 0.05) is 31.1 Å². The predicted molar refractivity (Wildman–Crippen MR) is 74.9 cm³/mol. The maximum atomic E-state index is 9.38. The fourth-order valence-corrected chi connectivity index (χ4v) is 3.28. The molecule has 5 heteroatoms. The van der Waals surface area contributed by atoms with Crippen LogP contribution in [0, 0.1) is 11.8 Å². The monoisotopic (exact) mass is 269 g/mol. The molecule has 2 unspecified atom stereocenters. The van der Waals surface area contributed by atoms with E-state index in [1.807, 2.05) is 0 Å². The highest BCUT2D eigenvalue weighted by molar-refractivity contribution is 7.09. The summed E-state index contributed by atoms with van der Waals surface area (Å²) in [7, 11) is 0. The topological polar surface area (TPSA) is 58.0 Å². The fourth-order valence-electron chi connectivity index (χ4n) is 2.66. The van der Waals surface area contributed by atoms with E-state index in [4.69, 9.17) is 0 Å². The number of anilines is 1. The molecule has 1 aliphatic carbocycles. The molecule has 0 saturated heterocycles. The standard InChI is InChI=1S/C13H23N3OS/c1-2-5-12-15-13(18-16-12)14-8-10-6-3-4-7-11(10)9-17/h10-11,17H,2-9H2,1H3,(H,14,15,16). The van der Waals surface area contributed by atoms with Crippen molar-refractivity contribution < 1.29 is 5.11 Å². The van der Waals surface area contributed by atoms with E-state index < -0.39 is 0 Å². The summed E-state index contributed by atoms with van der Waals surface area (Å²) in [6.45, 7) is 3.39. The second-order valence-electron chi connectivity index (χ2n) is 5.13. The summed E-state index contributed by atoms with van der Waals surface area (Å²) >= 11 is 1.45. The van der Waals surface area contributed by atoms with Gasteiger partial charge in [0.2, 0.25) is 5.13 Å². The highest BCUT2D eigenvalue weighted by Crippen LogP contribution is 2.30. The van der Waals surface area contributed by atoms with Gasteiger partial charge in [-0.1, -0.05) is 19.8 Å². The second kappa shape index (κ2) is 7.04. The van der Waals surface area contributed by atoms with Gasteiger partial charge in [0.1, 0.15) is 5.82 Å². The molecule has 4 nitrogen and oxygen atoms in total. The first kappa shape index (κ1) is 13.7. The van der Waals surface area contributed by atoms with Crippen LogP contribution in [-0.2, 0) is 6.42 Å². The van der Waals surface area contributed by atoms with Gasteiger partial charge in [0.25, 0.3) is 0 Å². The number of nitrogens with zero attached hydrogens (tertiary/aromatic N) is 2. The van der Waals surface area contributed by atoms with Crippen LogP contribution < -0.4 is 5.32 Å². The van der Waals surface area contributed by atoms with E-state index in [1.54, 1.807) is 0 Å². The molecule has 2 rings (SSSR count). The third-order valence-corrected chi connectivity index (χ3v) is 4.47. The molecule has 0 aliphatic heterocycles. The number of aryl methyl sites for hydroxylation is 1. The molecule has 18 heavy (non-hydrogen) atoms. The fraction of sp³-hybridized carbons (Fsp3) is 0.846. The Morgan fingerprint density at radius 2 is 2.11 bits per heavy atom. The molecule has 1 aliphatic rings. The Labute approximate surface area is 113 Å². The Morgan fingerprint density at radius 3 is 2.83 bits per heavy atom. The maximum Gasteiger partial charge on any atom is 0.202 e. The quantitative estimate of drug-likeness (QED) is 0.833. The van der Waals surface area contributed by atoms with Crippen LogP contribution in [-0.4, -0.2) is 27.6 Å². The number of aliphatic hydroxyl groups excluding tert-OH is 1. The zero-order chi connectivity index (χ0) is 12.8. The van der Waals surface area contributed by atoms with Crippen LogP contribution in [0.25, 0.3) is 0 Å². The van der Waals surface area contributed by atoms with Crippen LogP contribution in [0.3, 0.4) is 0 Å². The first-order chi connectivity index (χ1) is 8.83. The van der Waals surface area contributed by atoms with Gasteiger partial charge in [-0.3, -0.25) is 0 Å². The van der Waals surface area contributed by atoms with Crippen molar-refractivity contribution in [3.8, 4) is 0 Å². The molecule has 1 fully saturated rings. The number of hydrogen-bond acceptors (Lipinski definition) is 5. The summed E-state index contributed by atoms with van der Waals surface area (Å²) in [6.07, 6.45) is 6.99. The summed E-state index contributed by atoms with van der Waals surface area (Å²) in [5, 5.41) is 13.7. The molecule has 1 heterocycles. The van der Waals surface area contributed by atoms with E-state index in [1.165, 1.54) is 37.2 Å². The van der Waals surface area contributed by atoms with Crippen LogP contribution in [0.1, 0.15) is 44.9 Å². The molecule has 2 N–H and O–H groups in total. The number of rotatable bonds is 6. The van der Waals surface area contributed by atoms with E-state index in [-0.39, 0.29) is 0 Å². The van der Waals surface area contributed by atoms with Crippen LogP contribution >= 0.6 is 11.5 Å². The van der Waals surface area contributed by atoms with Gasteiger partial charge in [0.15, 0.2) is 0 Å². The molecule has 102 valence electrons. The molecule has 0 aromatic carbocycles. The molecule has 2 atom stereocenters. The van der Waals surface area contributed by atoms with Gasteiger partial charge >= 0.3 is 0 Å². The normalized spacial score (nSPS) is 24.1. The van der Waals surface area contributed by atoms with E-state index in [0.717, 1.165) is 30.3 Å². The van der Waals surface area contributed by atoms with Gasteiger partial charge in [-0.05, 0) is 31.1 Å². The van der Waals surface area contributed by atoms with E-state index in [2.05, 4.69) is 21.6 Å². The number of hydrogen-bond donors (Lipinski definition) is 2. The Balaban J connectivity index is 1.81. The van der Waals surface area contributed by atoms with Crippen LogP contribution in [0.2, 0.25) is 0 Å². The number of aliphatic hydroxyl groups is 1. The molecule has 1 saturated carbocycles. The Kier molecular flexibility index (Phi) is 5.38. The third kappa shape index (κ3) is 3.65. The average Bonchev–Trinajstić information content (AvgIpc) is 2.85. The first-order valence-electron chi connectivity index (χ1n) is 7.00. The zero-order valence-electron chi connectivity index (χ0n) is 11.1. The van der Waals surface area contributed by atoms with Gasteiger partial charge in [-0.2, -0.15) is 4.37 Å². The Bertz CT molecular complexity index is 356. The zero-order valence-corrected chi connectivity index (χ0v) is 11.9. The SMILES string of the molecule is CCCc1nsc(NCC2CCCCC2CO)n1. The molecule has 1 aromatic heterocycles. The molecule has 0 spiro atoms. The summed E-state index contributed by atoms with van der Waals surface area (Å²) in [6, 6.07) is 0. The van der Waals surface area contributed by atoms with Gasteiger partial charge in [-0.15, -0.1) is 0 Å². The lowest BCUT2D eigenvalue weighted by molar-refractivity contribution is 0.141. The minimum absolute atomic E-state index is 0.323. The third-order valence-electron chi connectivity index (χ3n) is 3.76. The Hall–Kier alpha value is -0.680. The summed E-state index contributed by atoms with van der Waals surface area (Å²) in [5.74, 6) is 2.00. The van der Waals surface area contributed by atoms with Crippen molar-refractivity contribution in [2.24, 2.45) is 11.8 Å².